The molecule has 28 heavy (non-hydrogen) atoms. The Morgan fingerprint density at radius 2 is 1.04 bits per heavy atom. The summed E-state index contributed by atoms with van der Waals surface area (Å²) in [7, 11) is -0.200. The van der Waals surface area contributed by atoms with Gasteiger partial charge in [-0.1, -0.05) is 25.0 Å². The average Bonchev–Trinajstić information content (AvgIpc) is 2.72. The number of hydrogen-bond acceptors (Lipinski definition) is 9. The maximum absolute atomic E-state index is 11.9. The molecule has 0 atom stereocenters. The first-order valence-electron chi connectivity index (χ1n) is 9.83. The Morgan fingerprint density at radius 3 is 1.36 bits per heavy atom. The Kier molecular flexibility index (Phi) is 17.0. The molecule has 9 nitrogen and oxygen atoms in total. The summed E-state index contributed by atoms with van der Waals surface area (Å²) in [6.07, 6.45) is 6.65. The van der Waals surface area contributed by atoms with Crippen LogP contribution in [0.5, 0.6) is 0 Å². The highest BCUT2D eigenvalue weighted by molar-refractivity contribution is 7.54. The number of hydroxylamine groups is 2. The van der Waals surface area contributed by atoms with Crippen LogP contribution in [0.3, 0.4) is 0 Å². The van der Waals surface area contributed by atoms with E-state index in [0.29, 0.717) is 32.1 Å². The molecule has 0 radical (unpaired) electrons. The molecule has 170 valence electrons. The van der Waals surface area contributed by atoms with Crippen molar-refractivity contribution >= 4 is 15.2 Å². The van der Waals surface area contributed by atoms with Crippen LogP contribution in [0.2, 0.25) is 0 Å². The zero-order chi connectivity index (χ0) is 21.3. The van der Waals surface area contributed by atoms with Crippen molar-refractivity contribution in [2.45, 2.75) is 51.9 Å². The van der Waals surface area contributed by atoms with E-state index in [1.807, 2.05) is 0 Å². The van der Waals surface area contributed by atoms with Crippen LogP contribution in [-0.2, 0) is 36.9 Å². The van der Waals surface area contributed by atoms with Gasteiger partial charge < -0.3 is 18.1 Å². The third-order valence-electron chi connectivity index (χ3n) is 4.14. The fourth-order valence-electron chi connectivity index (χ4n) is 2.36. The lowest BCUT2D eigenvalue weighted by Gasteiger charge is -2.20. The van der Waals surface area contributed by atoms with Gasteiger partial charge in [0, 0.05) is 28.4 Å². The van der Waals surface area contributed by atoms with Crippen LogP contribution in [0.1, 0.15) is 51.9 Å². The smallest absolute Gasteiger partial charge is 0.312 e. The molecular weight excluding hydrogens is 408 g/mol. The van der Waals surface area contributed by atoms with E-state index in [-0.39, 0.29) is 0 Å². The van der Waals surface area contributed by atoms with Gasteiger partial charge in [-0.25, -0.2) is 0 Å². The molecule has 0 N–H and O–H groups in total. The Morgan fingerprint density at radius 1 is 0.643 bits per heavy atom. The van der Waals surface area contributed by atoms with Gasteiger partial charge in [-0.3, -0.25) is 18.8 Å². The fourth-order valence-corrected chi connectivity index (χ4v) is 4.61. The molecule has 0 bridgehead atoms. The Bertz CT molecular complexity index is 412. The topological polar surface area (TPSA) is 92.8 Å². The molecule has 0 saturated heterocycles. The van der Waals surface area contributed by atoms with E-state index in [9.17, 15) is 9.13 Å². The molecule has 0 spiro atoms. The van der Waals surface area contributed by atoms with E-state index < -0.39 is 15.2 Å². The molecule has 0 aliphatic heterocycles. The molecule has 0 rings (SSSR count). The van der Waals surface area contributed by atoms with Crippen molar-refractivity contribution in [2.75, 3.05) is 60.5 Å². The van der Waals surface area contributed by atoms with E-state index in [1.54, 1.807) is 0 Å². The first kappa shape index (κ1) is 28.2. The Hall–Kier alpha value is 0.180. The molecule has 0 aliphatic rings. The molecule has 0 unspecified atom stereocenters. The first-order chi connectivity index (χ1) is 13.4. The van der Waals surface area contributed by atoms with Crippen molar-refractivity contribution in [3.05, 3.63) is 0 Å². The average molecular weight is 447 g/mol. The largest absolute Gasteiger partial charge is 0.330 e. The zero-order valence-electron chi connectivity index (χ0n) is 18.1. The van der Waals surface area contributed by atoms with Gasteiger partial charge in [-0.05, 0) is 32.1 Å². The summed E-state index contributed by atoms with van der Waals surface area (Å²) in [4.78, 5) is 11.3. The second-order valence-electron chi connectivity index (χ2n) is 6.24. The van der Waals surface area contributed by atoms with Crippen LogP contribution in [0.25, 0.3) is 0 Å². The normalized spacial score (nSPS) is 12.8. The van der Waals surface area contributed by atoms with E-state index in [1.165, 1.54) is 33.7 Å². The van der Waals surface area contributed by atoms with E-state index in [0.717, 1.165) is 44.9 Å². The Labute approximate surface area is 170 Å². The van der Waals surface area contributed by atoms with Crippen molar-refractivity contribution < 1.29 is 36.9 Å². The zero-order valence-corrected chi connectivity index (χ0v) is 19.9. The second kappa shape index (κ2) is 16.9. The standard InChI is InChI=1S/C17H39NO8P2/c1-6-13-18(25-14-9-7-11-16-27(19,21-2)22-3)26-15-10-8-12-17-28(20,23-4)24-5/h6-17H2,1-5H3. The SMILES string of the molecule is CCCN(OCCCCCP(=O)(OC)OC)OCCCCCP(=O)(OC)OC. The maximum Gasteiger partial charge on any atom is 0.330 e. The van der Waals surface area contributed by atoms with Crippen LogP contribution < -0.4 is 0 Å². The number of nitrogens with zero attached hydrogens (tertiary/aromatic N) is 1. The van der Waals surface area contributed by atoms with Crippen molar-refractivity contribution in [3.63, 3.8) is 0 Å². The van der Waals surface area contributed by atoms with E-state index >= 15 is 0 Å². The minimum absolute atomic E-state index is 0.411. The number of hydrogen-bond donors (Lipinski definition) is 0. The molecule has 0 aromatic carbocycles. The lowest BCUT2D eigenvalue weighted by molar-refractivity contribution is -0.368. The number of unbranched alkanes of at least 4 members (excludes halogenated alkanes) is 4. The number of rotatable bonds is 20. The highest BCUT2D eigenvalue weighted by atomic mass is 31.2. The fraction of sp³-hybridized carbons (Fsp3) is 1.00. The molecule has 0 amide bonds. The first-order valence-corrected chi connectivity index (χ1v) is 13.3. The molecule has 0 aliphatic carbocycles. The molecular formula is C17H39NO8P2. The molecule has 0 fully saturated rings. The third kappa shape index (κ3) is 13.4. The monoisotopic (exact) mass is 447 g/mol. The maximum atomic E-state index is 11.9. The van der Waals surface area contributed by atoms with Gasteiger partial charge in [0.1, 0.15) is 0 Å². The van der Waals surface area contributed by atoms with Gasteiger partial charge in [-0.15, -0.1) is 0 Å². The minimum Gasteiger partial charge on any atom is -0.312 e. The molecule has 0 aromatic rings. The lowest BCUT2D eigenvalue weighted by atomic mass is 10.3. The van der Waals surface area contributed by atoms with Gasteiger partial charge in [0.15, 0.2) is 0 Å². The van der Waals surface area contributed by atoms with Crippen LogP contribution in [0, 0.1) is 0 Å². The Balaban J connectivity index is 3.84. The molecule has 11 heteroatoms. The van der Waals surface area contributed by atoms with Crippen LogP contribution >= 0.6 is 15.2 Å². The summed E-state index contributed by atoms with van der Waals surface area (Å²) in [5.74, 6) is 0. The van der Waals surface area contributed by atoms with Gasteiger partial charge in [0.25, 0.3) is 0 Å². The van der Waals surface area contributed by atoms with Crippen molar-refractivity contribution in [2.24, 2.45) is 0 Å². The highest BCUT2D eigenvalue weighted by Crippen LogP contribution is 2.47. The summed E-state index contributed by atoms with van der Waals surface area (Å²) in [6.45, 7) is 3.81. The minimum atomic E-state index is -2.91. The van der Waals surface area contributed by atoms with E-state index in [4.69, 9.17) is 27.8 Å². The predicted molar refractivity (Wildman–Crippen MR) is 110 cm³/mol. The summed E-state index contributed by atoms with van der Waals surface area (Å²) >= 11 is 0. The quantitative estimate of drug-likeness (QED) is 0.147. The van der Waals surface area contributed by atoms with Crippen molar-refractivity contribution in [1.29, 1.82) is 0 Å². The summed E-state index contributed by atoms with van der Waals surface area (Å²) in [5.41, 5.74) is 0. The molecule has 0 aromatic heterocycles. The van der Waals surface area contributed by atoms with Gasteiger partial charge in [-0.2, -0.15) is 0 Å². The second-order valence-corrected chi connectivity index (χ2v) is 11.0. The molecule has 0 heterocycles. The predicted octanol–water partition coefficient (Wildman–Crippen LogP) is 4.87. The van der Waals surface area contributed by atoms with E-state index in [2.05, 4.69) is 6.92 Å². The van der Waals surface area contributed by atoms with Gasteiger partial charge >= 0.3 is 15.2 Å². The summed E-state index contributed by atoms with van der Waals surface area (Å²) in [6, 6.07) is 0. The lowest BCUT2D eigenvalue weighted by Crippen LogP contribution is -2.26. The van der Waals surface area contributed by atoms with Gasteiger partial charge in [0.05, 0.1) is 32.1 Å². The molecule has 0 saturated carbocycles. The highest BCUT2D eigenvalue weighted by Gasteiger charge is 2.20. The van der Waals surface area contributed by atoms with Gasteiger partial charge in [0.2, 0.25) is 0 Å². The van der Waals surface area contributed by atoms with Crippen molar-refractivity contribution in [1.82, 2.24) is 5.23 Å². The van der Waals surface area contributed by atoms with Crippen LogP contribution in [0.15, 0.2) is 0 Å². The van der Waals surface area contributed by atoms with Crippen molar-refractivity contribution in [3.8, 4) is 0 Å². The summed E-state index contributed by atoms with van der Waals surface area (Å²) in [5, 5.41) is 1.53. The third-order valence-corrected chi connectivity index (χ3v) is 8.10. The van der Waals surface area contributed by atoms with Crippen LogP contribution in [-0.4, -0.2) is 65.7 Å². The summed E-state index contributed by atoms with van der Waals surface area (Å²) < 4.78 is 43.5. The van der Waals surface area contributed by atoms with Crippen LogP contribution in [0.4, 0.5) is 0 Å².